The Morgan fingerprint density at radius 3 is 2.14 bits per heavy atom. The van der Waals surface area contributed by atoms with Crippen molar-refractivity contribution in [1.29, 1.82) is 0 Å². The van der Waals surface area contributed by atoms with Crippen LogP contribution in [-0.2, 0) is 19.9 Å². The normalized spacial score (nSPS) is 15.6. The molecule has 0 aromatic heterocycles. The molecule has 0 radical (unpaired) electrons. The Balaban J connectivity index is 1.78. The molecular weight excluding hydrogens is 426 g/mol. The molecule has 7 nitrogen and oxygen atoms in total. The highest BCUT2D eigenvalue weighted by Crippen LogP contribution is 2.24. The predicted molar refractivity (Wildman–Crippen MR) is 102 cm³/mol. The average molecular weight is 444 g/mol. The minimum atomic E-state index is -4.74. The topological polar surface area (TPSA) is 101 Å². The van der Waals surface area contributed by atoms with Gasteiger partial charge in [-0.25, -0.2) is 16.8 Å². The summed E-state index contributed by atoms with van der Waals surface area (Å²) in [6, 6.07) is 9.84. The second-order valence-electron chi connectivity index (χ2n) is 6.42. The van der Waals surface area contributed by atoms with Gasteiger partial charge in [0, 0.05) is 24.3 Å². The van der Waals surface area contributed by atoms with E-state index in [2.05, 4.69) is 5.32 Å². The molecule has 0 spiro atoms. The van der Waals surface area contributed by atoms with Crippen LogP contribution in [0.4, 0.5) is 14.5 Å². The number of amides is 1. The molecule has 1 N–H and O–H groups in total. The highest BCUT2D eigenvalue weighted by molar-refractivity contribution is 7.91. The molecule has 1 saturated heterocycles. The second-order valence-corrected chi connectivity index (χ2v) is 10.3. The van der Waals surface area contributed by atoms with Crippen molar-refractivity contribution in [2.75, 3.05) is 18.4 Å². The minimum Gasteiger partial charge on any atom is -0.322 e. The van der Waals surface area contributed by atoms with Crippen LogP contribution in [0.3, 0.4) is 0 Å². The van der Waals surface area contributed by atoms with Gasteiger partial charge in [-0.05, 0) is 55.3 Å². The molecule has 0 atom stereocenters. The lowest BCUT2D eigenvalue weighted by molar-refractivity contribution is 0.102. The van der Waals surface area contributed by atoms with Crippen LogP contribution in [0.2, 0.25) is 0 Å². The monoisotopic (exact) mass is 444 g/mol. The van der Waals surface area contributed by atoms with E-state index >= 15 is 0 Å². The van der Waals surface area contributed by atoms with E-state index in [1.54, 1.807) is 0 Å². The third-order valence-electron chi connectivity index (χ3n) is 4.47. The molecule has 1 aliphatic rings. The molecule has 29 heavy (non-hydrogen) atoms. The highest BCUT2D eigenvalue weighted by Gasteiger charge is 2.28. The number of hydrogen-bond acceptors (Lipinski definition) is 5. The molecule has 0 bridgehead atoms. The molecule has 1 amide bonds. The number of sulfonamides is 1. The lowest BCUT2D eigenvalue weighted by atomic mass is 10.2. The Morgan fingerprint density at radius 2 is 1.55 bits per heavy atom. The number of nitrogens with zero attached hydrogens (tertiary/aromatic N) is 1. The van der Waals surface area contributed by atoms with Crippen LogP contribution >= 0.6 is 0 Å². The summed E-state index contributed by atoms with van der Waals surface area (Å²) >= 11 is 0. The zero-order valence-electron chi connectivity index (χ0n) is 15.1. The van der Waals surface area contributed by atoms with Gasteiger partial charge in [0.05, 0.1) is 9.79 Å². The molecule has 2 aromatic carbocycles. The predicted octanol–water partition coefficient (Wildman–Crippen LogP) is 2.72. The highest BCUT2D eigenvalue weighted by atomic mass is 32.2. The van der Waals surface area contributed by atoms with Gasteiger partial charge in [-0.2, -0.15) is 13.1 Å². The molecule has 1 aliphatic heterocycles. The van der Waals surface area contributed by atoms with E-state index in [4.69, 9.17) is 0 Å². The van der Waals surface area contributed by atoms with Gasteiger partial charge >= 0.3 is 5.76 Å². The number of carbonyl (C=O) groups is 1. The number of rotatable bonds is 6. The Kier molecular flexibility index (Phi) is 6.01. The summed E-state index contributed by atoms with van der Waals surface area (Å²) in [4.78, 5) is 11.8. The number of benzene rings is 2. The van der Waals surface area contributed by atoms with Crippen LogP contribution in [0.25, 0.3) is 0 Å². The van der Waals surface area contributed by atoms with E-state index in [9.17, 15) is 30.4 Å². The van der Waals surface area contributed by atoms with Gasteiger partial charge in [0.15, 0.2) is 0 Å². The molecule has 0 saturated carbocycles. The van der Waals surface area contributed by atoms with E-state index in [1.165, 1.54) is 28.6 Å². The first-order valence-corrected chi connectivity index (χ1v) is 11.6. The third-order valence-corrected chi connectivity index (χ3v) is 7.77. The van der Waals surface area contributed by atoms with Gasteiger partial charge in [0.2, 0.25) is 19.9 Å². The van der Waals surface area contributed by atoms with Crippen LogP contribution in [0.5, 0.6) is 0 Å². The molecule has 1 heterocycles. The number of halogens is 2. The molecule has 11 heteroatoms. The van der Waals surface area contributed by atoms with Crippen LogP contribution < -0.4 is 5.32 Å². The fourth-order valence-corrected chi connectivity index (χ4v) is 5.20. The van der Waals surface area contributed by atoms with Gasteiger partial charge in [-0.1, -0.05) is 6.07 Å². The van der Waals surface area contributed by atoms with Crippen LogP contribution in [0, 0.1) is 0 Å². The zero-order valence-corrected chi connectivity index (χ0v) is 16.7. The first-order chi connectivity index (χ1) is 13.6. The van der Waals surface area contributed by atoms with Crippen LogP contribution in [0.15, 0.2) is 58.3 Å². The molecule has 0 aliphatic carbocycles. The van der Waals surface area contributed by atoms with Crippen molar-refractivity contribution in [3.8, 4) is 0 Å². The standard InChI is InChI=1S/C18H18F2N2O5S2/c19-18(20)28(24,25)15-8-6-13(7-9-15)17(23)21-14-4-3-5-16(12-14)29(26,27)22-10-1-2-11-22/h3-9,12,18H,1-2,10-11H2,(H,21,23). The van der Waals surface area contributed by atoms with Crippen molar-refractivity contribution in [3.63, 3.8) is 0 Å². The zero-order chi connectivity index (χ0) is 21.2. The molecule has 3 rings (SSSR count). The van der Waals surface area contributed by atoms with E-state index in [-0.39, 0.29) is 16.1 Å². The van der Waals surface area contributed by atoms with E-state index in [0.29, 0.717) is 13.1 Å². The van der Waals surface area contributed by atoms with Crippen molar-refractivity contribution in [1.82, 2.24) is 4.31 Å². The number of hydrogen-bond donors (Lipinski definition) is 1. The minimum absolute atomic E-state index is 0.0334. The number of anilines is 1. The summed E-state index contributed by atoms with van der Waals surface area (Å²) < 4.78 is 74.6. The Labute approximate surface area is 167 Å². The molecular formula is C18H18F2N2O5S2. The Hall–Kier alpha value is -2.37. The van der Waals surface area contributed by atoms with Gasteiger partial charge in [-0.3, -0.25) is 4.79 Å². The largest absolute Gasteiger partial charge is 0.341 e. The van der Waals surface area contributed by atoms with Crippen LogP contribution in [0.1, 0.15) is 23.2 Å². The molecule has 0 unspecified atom stereocenters. The van der Waals surface area contributed by atoms with Crippen molar-refractivity contribution in [2.45, 2.75) is 28.4 Å². The number of carbonyl (C=O) groups excluding carboxylic acids is 1. The van der Waals surface area contributed by atoms with Gasteiger partial charge in [0.1, 0.15) is 0 Å². The van der Waals surface area contributed by atoms with E-state index in [1.807, 2.05) is 0 Å². The maximum atomic E-state index is 12.6. The SMILES string of the molecule is O=C(Nc1cccc(S(=O)(=O)N2CCCC2)c1)c1ccc(S(=O)(=O)C(F)F)cc1. The maximum absolute atomic E-state index is 12.6. The Bertz CT molecular complexity index is 1110. The lowest BCUT2D eigenvalue weighted by Gasteiger charge is -2.16. The Morgan fingerprint density at radius 1 is 0.931 bits per heavy atom. The summed E-state index contributed by atoms with van der Waals surface area (Å²) in [5, 5.41) is 2.52. The summed E-state index contributed by atoms with van der Waals surface area (Å²) in [7, 11) is -8.39. The average Bonchev–Trinajstić information content (AvgIpc) is 3.24. The fraction of sp³-hybridized carbons (Fsp3) is 0.278. The van der Waals surface area contributed by atoms with Crippen molar-refractivity contribution >= 4 is 31.5 Å². The van der Waals surface area contributed by atoms with Crippen molar-refractivity contribution in [3.05, 3.63) is 54.1 Å². The first kappa shape index (κ1) is 21.3. The molecule has 1 fully saturated rings. The maximum Gasteiger partial charge on any atom is 0.341 e. The van der Waals surface area contributed by atoms with Crippen LogP contribution in [-0.4, -0.2) is 45.9 Å². The summed E-state index contributed by atoms with van der Waals surface area (Å²) in [5.41, 5.74) is 0.269. The smallest absolute Gasteiger partial charge is 0.322 e. The van der Waals surface area contributed by atoms with Crippen molar-refractivity contribution in [2.24, 2.45) is 0 Å². The summed E-state index contributed by atoms with van der Waals surface area (Å²) in [6.45, 7) is 0.902. The number of sulfone groups is 1. The lowest BCUT2D eigenvalue weighted by Crippen LogP contribution is -2.27. The fourth-order valence-electron chi connectivity index (χ4n) is 2.91. The molecule has 2 aromatic rings. The van der Waals surface area contributed by atoms with Gasteiger partial charge in [-0.15, -0.1) is 0 Å². The summed E-state index contributed by atoms with van der Waals surface area (Å²) in [6.07, 6.45) is 1.60. The second kappa shape index (κ2) is 8.17. The number of nitrogens with one attached hydrogen (secondary N) is 1. The van der Waals surface area contributed by atoms with E-state index < -0.39 is 36.4 Å². The summed E-state index contributed by atoms with van der Waals surface area (Å²) in [5.74, 6) is -4.19. The van der Waals surface area contributed by atoms with E-state index in [0.717, 1.165) is 37.1 Å². The third kappa shape index (κ3) is 4.46. The van der Waals surface area contributed by atoms with Gasteiger partial charge in [0.25, 0.3) is 5.91 Å². The van der Waals surface area contributed by atoms with Crippen molar-refractivity contribution < 1.29 is 30.4 Å². The first-order valence-electron chi connectivity index (χ1n) is 8.66. The van der Waals surface area contributed by atoms with Gasteiger partial charge < -0.3 is 5.32 Å². The number of alkyl halides is 2. The quantitative estimate of drug-likeness (QED) is 0.738. The molecule has 156 valence electrons.